The Hall–Kier alpha value is -5.73. The molecule has 0 aliphatic carbocycles. The predicted molar refractivity (Wildman–Crippen MR) is 213 cm³/mol. The number of hydrogen-bond donors (Lipinski definition) is 4. The Morgan fingerprint density at radius 2 is 1.84 bits per heavy atom. The first-order valence-corrected chi connectivity index (χ1v) is 19.5. The number of hydrogen-bond acceptors (Lipinski definition) is 14. The summed E-state index contributed by atoms with van der Waals surface area (Å²) in [4.78, 5) is 43.3. The number of aromatic hydroxyl groups is 1. The van der Waals surface area contributed by atoms with Crippen LogP contribution in [0.4, 0.5) is 11.6 Å². The molecule has 9 rings (SSSR count). The number of nitrogens with two attached hydrogens (primary N) is 2. The second-order valence-electron chi connectivity index (χ2n) is 16.4. The summed E-state index contributed by atoms with van der Waals surface area (Å²) >= 11 is 0. The van der Waals surface area contributed by atoms with E-state index in [-0.39, 0.29) is 34.7 Å². The van der Waals surface area contributed by atoms with Gasteiger partial charge in [0.15, 0.2) is 11.0 Å². The molecule has 57 heavy (non-hydrogen) atoms. The number of ether oxygens (including phenoxy) is 3. The lowest BCUT2D eigenvalue weighted by atomic mass is 9.72. The van der Waals surface area contributed by atoms with Crippen LogP contribution in [0.25, 0.3) is 22.2 Å². The highest BCUT2D eigenvalue weighted by Gasteiger charge is 2.69. The van der Waals surface area contributed by atoms with Crippen molar-refractivity contribution in [1.29, 1.82) is 0 Å². The fourth-order valence-electron chi connectivity index (χ4n) is 9.45. The summed E-state index contributed by atoms with van der Waals surface area (Å²) in [5, 5.41) is 21.5. The van der Waals surface area contributed by atoms with Crippen molar-refractivity contribution < 1.29 is 33.6 Å². The number of carbonyl (C=O) groups is 1. The molecular formula is C43H46N6O8. The van der Waals surface area contributed by atoms with Crippen LogP contribution in [0.15, 0.2) is 74.1 Å². The molecule has 296 valence electrons. The van der Waals surface area contributed by atoms with E-state index in [2.05, 4.69) is 19.9 Å². The van der Waals surface area contributed by atoms with E-state index in [0.717, 1.165) is 29.1 Å². The van der Waals surface area contributed by atoms with Gasteiger partial charge in [0.25, 0.3) is 0 Å². The number of esters is 1. The third-order valence-electron chi connectivity index (χ3n) is 12.0. The van der Waals surface area contributed by atoms with Crippen molar-refractivity contribution in [2.24, 2.45) is 10.9 Å². The number of aryl methyl sites for hydroxylation is 2. The monoisotopic (exact) mass is 774 g/mol. The number of nitrogen functional groups attached to an aromatic ring is 2. The number of anilines is 2. The number of nitrogens with zero attached hydrogens (tertiary/aromatic N) is 4. The highest BCUT2D eigenvalue weighted by Crippen LogP contribution is 2.57. The maximum absolute atomic E-state index is 14.5. The number of carbonyl (C=O) groups excluding carboxylic acids is 1. The van der Waals surface area contributed by atoms with Crippen molar-refractivity contribution in [3.63, 3.8) is 0 Å². The minimum Gasteiger partial charge on any atom is -0.507 e. The van der Waals surface area contributed by atoms with Crippen LogP contribution in [0.1, 0.15) is 74.5 Å². The number of benzene rings is 1. The van der Waals surface area contributed by atoms with Crippen LogP contribution in [0.5, 0.6) is 11.5 Å². The molecule has 0 radical (unpaired) electrons. The Morgan fingerprint density at radius 3 is 2.65 bits per heavy atom. The van der Waals surface area contributed by atoms with Crippen LogP contribution in [0, 0.1) is 12.8 Å². The van der Waals surface area contributed by atoms with Crippen LogP contribution in [0.3, 0.4) is 0 Å². The molecular weight excluding hydrogens is 729 g/mol. The zero-order chi connectivity index (χ0) is 39.8. The number of phenolic OH excluding ortho intramolecular Hbond substituents is 1. The maximum atomic E-state index is 14.5. The van der Waals surface area contributed by atoms with Gasteiger partial charge in [0.05, 0.1) is 29.7 Å². The van der Waals surface area contributed by atoms with E-state index in [1.165, 1.54) is 11.6 Å². The number of fused-ring (bicyclic) bond motifs is 5. The number of aromatic nitrogens is 2. The number of aliphatic hydroxyl groups is 1. The van der Waals surface area contributed by atoms with Crippen molar-refractivity contribution in [3.8, 4) is 22.8 Å². The van der Waals surface area contributed by atoms with Crippen LogP contribution < -0.4 is 21.6 Å². The number of aliphatic imine (C=N–C) groups is 1. The number of pyridine rings is 2. The second kappa shape index (κ2) is 13.7. The predicted octanol–water partition coefficient (Wildman–Crippen LogP) is 5.22. The average Bonchev–Trinajstić information content (AvgIpc) is 3.51. The smallest absolute Gasteiger partial charge is 0.341 e. The van der Waals surface area contributed by atoms with Gasteiger partial charge >= 0.3 is 5.97 Å². The Balaban J connectivity index is 0.957. The van der Waals surface area contributed by atoms with Crippen LogP contribution >= 0.6 is 0 Å². The third-order valence-corrected chi connectivity index (χ3v) is 12.0. The van der Waals surface area contributed by atoms with Gasteiger partial charge in [-0.3, -0.25) is 9.79 Å². The quantitative estimate of drug-likeness (QED) is 0.127. The van der Waals surface area contributed by atoms with Crippen molar-refractivity contribution in [3.05, 3.63) is 92.7 Å². The Morgan fingerprint density at radius 1 is 1.02 bits per heavy atom. The SMILES string of the molecule is Cc1cc(=O)c2c(O)c3c(cc2o1)OC(C)(C)[C@@H]1OC(=O)[C@]2(O[C@@H]2CCc2cc(N)nc(-c4cc(N)nc(CN5C=C6N=CC=C6C5)c4)c2)[C@H](CCCO)CC[C@H]31. The molecule has 5 aliphatic rings. The largest absolute Gasteiger partial charge is 0.507 e. The zero-order valence-corrected chi connectivity index (χ0v) is 32.2. The molecule has 3 aromatic heterocycles. The molecule has 8 heterocycles. The normalized spacial score (nSPS) is 25.5. The summed E-state index contributed by atoms with van der Waals surface area (Å²) in [5.41, 5.74) is 16.1. The summed E-state index contributed by atoms with van der Waals surface area (Å²) in [7, 11) is 0. The molecule has 0 unspecified atom stereocenters. The van der Waals surface area contributed by atoms with Gasteiger partial charge in [-0.05, 0) is 95.2 Å². The van der Waals surface area contributed by atoms with E-state index in [0.29, 0.717) is 79.5 Å². The molecule has 5 aliphatic heterocycles. The molecule has 0 amide bonds. The lowest BCUT2D eigenvalue weighted by molar-refractivity contribution is -0.176. The molecule has 14 heteroatoms. The fourth-order valence-corrected chi connectivity index (χ4v) is 9.45. The Kier molecular flexibility index (Phi) is 8.89. The van der Waals surface area contributed by atoms with Crippen LogP contribution in [0.2, 0.25) is 0 Å². The molecule has 0 saturated carbocycles. The molecule has 1 spiro atoms. The van der Waals surface area contributed by atoms with Crippen LogP contribution in [-0.2, 0) is 27.2 Å². The average molecular weight is 775 g/mol. The second-order valence-corrected chi connectivity index (χ2v) is 16.4. The first kappa shape index (κ1) is 36.9. The van der Waals surface area contributed by atoms with Gasteiger partial charge in [-0.15, -0.1) is 0 Å². The van der Waals surface area contributed by atoms with Gasteiger partial charge in [0.1, 0.15) is 51.6 Å². The fraction of sp³-hybridized carbons (Fsp3) is 0.419. The minimum atomic E-state index is -1.21. The number of rotatable bonds is 9. The summed E-state index contributed by atoms with van der Waals surface area (Å²) in [5.74, 6) is 0.0935. The molecule has 4 aromatic rings. The van der Waals surface area contributed by atoms with Crippen molar-refractivity contribution >= 4 is 34.8 Å². The Bertz CT molecular complexity index is 2470. The summed E-state index contributed by atoms with van der Waals surface area (Å²) in [6, 6.07) is 10.6. The first-order chi connectivity index (χ1) is 27.3. The lowest BCUT2D eigenvalue weighted by Crippen LogP contribution is -2.54. The van der Waals surface area contributed by atoms with E-state index < -0.39 is 35.3 Å². The van der Waals surface area contributed by atoms with Crippen molar-refractivity contribution in [1.82, 2.24) is 14.9 Å². The molecule has 5 atom stereocenters. The zero-order valence-electron chi connectivity index (χ0n) is 32.2. The van der Waals surface area contributed by atoms with E-state index in [9.17, 15) is 19.8 Å². The van der Waals surface area contributed by atoms with Gasteiger partial charge in [-0.1, -0.05) is 0 Å². The van der Waals surface area contributed by atoms with E-state index in [1.54, 1.807) is 19.1 Å². The highest BCUT2D eigenvalue weighted by atomic mass is 16.7. The summed E-state index contributed by atoms with van der Waals surface area (Å²) < 4.78 is 25.1. The maximum Gasteiger partial charge on any atom is 0.341 e. The van der Waals surface area contributed by atoms with Gasteiger partial charge < -0.3 is 45.2 Å². The number of allylic oxidation sites excluding steroid dienone is 1. The van der Waals surface area contributed by atoms with Gasteiger partial charge in [0, 0.05) is 66.2 Å². The number of epoxide rings is 1. The lowest BCUT2D eigenvalue weighted by Gasteiger charge is -2.46. The molecule has 14 nitrogen and oxygen atoms in total. The Labute approximate surface area is 328 Å². The topological polar surface area (TPSA) is 212 Å². The van der Waals surface area contributed by atoms with Gasteiger partial charge in [-0.2, -0.15) is 0 Å². The van der Waals surface area contributed by atoms with Crippen LogP contribution in [-0.4, -0.2) is 73.8 Å². The van der Waals surface area contributed by atoms with Crippen molar-refractivity contribution in [2.75, 3.05) is 24.6 Å². The third kappa shape index (κ3) is 6.50. The van der Waals surface area contributed by atoms with E-state index >= 15 is 0 Å². The van der Waals surface area contributed by atoms with E-state index in [4.69, 9.17) is 30.1 Å². The van der Waals surface area contributed by atoms with E-state index in [1.807, 2.05) is 50.5 Å². The molecule has 1 aromatic carbocycles. The van der Waals surface area contributed by atoms with Gasteiger partial charge in [-0.25, -0.2) is 14.8 Å². The molecule has 0 bridgehead atoms. The number of phenols is 1. The summed E-state index contributed by atoms with van der Waals surface area (Å²) in [6.07, 6.45) is 7.78. The minimum absolute atomic E-state index is 0.0350. The molecule has 6 N–H and O–H groups in total. The number of aliphatic hydroxyl groups excluding tert-OH is 1. The first-order valence-electron chi connectivity index (χ1n) is 19.5. The highest BCUT2D eigenvalue weighted by molar-refractivity contribution is 5.88. The standard InChI is InChI=1S/C43H46N6O8/c1-22-13-31(51)38-32(54-22)18-33-37(39(38)52)28-8-7-26(5-4-12-50)43(41(53)55-40(28)42(2,3)56-33)34(57-43)9-6-23-14-29(48-35(44)15-23)25-16-27(47-36(45)17-25)20-49-19-24-10-11-46-30(24)21-49/h10-11,13-18,21,26,28,34,40,50,52H,4-9,12,19-20H2,1-3H3,(H2,44,48)(H2,45,47)/t26-,28-,34-,40-,43+/m1/s1. The molecule has 2 fully saturated rings. The van der Waals surface area contributed by atoms with Crippen molar-refractivity contribution in [2.45, 2.75) is 95.2 Å². The summed E-state index contributed by atoms with van der Waals surface area (Å²) in [6.45, 7) is 6.65. The van der Waals surface area contributed by atoms with Gasteiger partial charge in [0.2, 0.25) is 0 Å². The molecule has 2 saturated heterocycles.